The molecule has 126 valence electrons. The van der Waals surface area contributed by atoms with Crippen LogP contribution in [0.25, 0.3) is 0 Å². The molecule has 0 spiro atoms. The lowest BCUT2D eigenvalue weighted by molar-refractivity contribution is -0.139. The molecule has 0 saturated carbocycles. The predicted molar refractivity (Wildman–Crippen MR) is 82.1 cm³/mol. The maximum absolute atomic E-state index is 13.4. The van der Waals surface area contributed by atoms with Gasteiger partial charge in [0.15, 0.2) is 0 Å². The lowest BCUT2D eigenvalue weighted by atomic mass is 9.79. The summed E-state index contributed by atoms with van der Waals surface area (Å²) in [6, 6.07) is 4.79. The second kappa shape index (κ2) is 5.70. The third kappa shape index (κ3) is 2.60. The molecule has 0 saturated heterocycles. The highest BCUT2D eigenvalue weighted by atomic mass is 32.2. The number of dihydropyridines is 1. The molecule has 24 heavy (non-hydrogen) atoms. The molecule has 1 aromatic rings. The maximum atomic E-state index is 13.4. The van der Waals surface area contributed by atoms with Gasteiger partial charge in [0.05, 0.1) is 11.1 Å². The van der Waals surface area contributed by atoms with Crippen molar-refractivity contribution in [2.45, 2.75) is 19.0 Å². The Morgan fingerprint density at radius 2 is 2.00 bits per heavy atom. The van der Waals surface area contributed by atoms with Crippen LogP contribution >= 0.6 is 11.8 Å². The zero-order chi connectivity index (χ0) is 17.6. The Balaban J connectivity index is 2.28. The SMILES string of the molecule is CC1=C(C(=O)O)C(c2ccccc2C(F)(F)F)C2=C(CSC2=O)N1. The average Bonchev–Trinajstić information content (AvgIpc) is 2.85. The number of thioether (sulfide) groups is 1. The first-order chi connectivity index (χ1) is 11.2. The van der Waals surface area contributed by atoms with E-state index in [0.29, 0.717) is 11.4 Å². The molecule has 1 unspecified atom stereocenters. The molecule has 0 bridgehead atoms. The number of rotatable bonds is 2. The van der Waals surface area contributed by atoms with E-state index >= 15 is 0 Å². The van der Waals surface area contributed by atoms with Crippen molar-refractivity contribution < 1.29 is 27.9 Å². The number of carboxylic acids is 1. The fourth-order valence-corrected chi connectivity index (χ4v) is 3.97. The van der Waals surface area contributed by atoms with Gasteiger partial charge in [0.25, 0.3) is 0 Å². The lowest BCUT2D eigenvalue weighted by Crippen LogP contribution is -2.30. The summed E-state index contributed by atoms with van der Waals surface area (Å²) < 4.78 is 40.2. The van der Waals surface area contributed by atoms with E-state index in [0.717, 1.165) is 17.8 Å². The van der Waals surface area contributed by atoms with Gasteiger partial charge >= 0.3 is 12.1 Å². The van der Waals surface area contributed by atoms with Crippen LogP contribution in [0.2, 0.25) is 0 Å². The van der Waals surface area contributed by atoms with Gasteiger partial charge < -0.3 is 10.4 Å². The van der Waals surface area contributed by atoms with Crippen LogP contribution in [-0.4, -0.2) is 21.9 Å². The Kier molecular flexibility index (Phi) is 3.95. The van der Waals surface area contributed by atoms with E-state index in [1.807, 2.05) is 0 Å². The van der Waals surface area contributed by atoms with E-state index in [1.54, 1.807) is 0 Å². The molecule has 2 aliphatic rings. The van der Waals surface area contributed by atoms with Crippen molar-refractivity contribution in [2.24, 2.45) is 0 Å². The van der Waals surface area contributed by atoms with Crippen molar-refractivity contribution in [2.75, 3.05) is 5.75 Å². The maximum Gasteiger partial charge on any atom is 0.416 e. The average molecular weight is 355 g/mol. The molecule has 3 rings (SSSR count). The third-order valence-electron chi connectivity index (χ3n) is 4.02. The summed E-state index contributed by atoms with van der Waals surface area (Å²) in [5.41, 5.74) is -0.555. The largest absolute Gasteiger partial charge is 0.478 e. The van der Waals surface area contributed by atoms with E-state index in [4.69, 9.17) is 0 Å². The first-order valence-corrected chi connectivity index (χ1v) is 7.97. The van der Waals surface area contributed by atoms with Crippen LogP contribution in [0.15, 0.2) is 46.8 Å². The molecule has 0 aromatic heterocycles. The number of carbonyl (C=O) groups excluding carboxylic acids is 1. The van der Waals surface area contributed by atoms with Gasteiger partial charge in [-0.3, -0.25) is 4.79 Å². The van der Waals surface area contributed by atoms with Crippen molar-refractivity contribution >= 4 is 22.8 Å². The zero-order valence-corrected chi connectivity index (χ0v) is 13.2. The van der Waals surface area contributed by atoms with E-state index in [2.05, 4.69) is 5.32 Å². The van der Waals surface area contributed by atoms with Gasteiger partial charge in [-0.1, -0.05) is 30.0 Å². The summed E-state index contributed by atoms with van der Waals surface area (Å²) in [5, 5.41) is 12.0. The monoisotopic (exact) mass is 355 g/mol. The number of carboxylic acid groups (broad SMARTS) is 1. The number of allylic oxidation sites excluding steroid dienone is 1. The molecule has 0 radical (unpaired) electrons. The molecule has 2 N–H and O–H groups in total. The van der Waals surface area contributed by atoms with Crippen LogP contribution in [0.1, 0.15) is 24.0 Å². The summed E-state index contributed by atoms with van der Waals surface area (Å²) in [5.74, 6) is -2.29. The van der Waals surface area contributed by atoms with Crippen LogP contribution in [0, 0.1) is 0 Å². The van der Waals surface area contributed by atoms with E-state index in [9.17, 15) is 27.9 Å². The van der Waals surface area contributed by atoms with Gasteiger partial charge in [0.2, 0.25) is 5.12 Å². The minimum Gasteiger partial charge on any atom is -0.478 e. The standard InChI is InChI=1S/C16H12F3NO3S/c1-7-11(14(21)22)12(13-10(20-7)6-24-15(13)23)8-4-2-3-5-9(8)16(17,18)19/h2-5,12,20H,6H2,1H3,(H,21,22). The smallest absolute Gasteiger partial charge is 0.416 e. The second-order valence-electron chi connectivity index (χ2n) is 5.46. The Hall–Kier alpha value is -2.22. The number of hydrogen-bond donors (Lipinski definition) is 2. The molecule has 0 aliphatic carbocycles. The van der Waals surface area contributed by atoms with Crippen LogP contribution in [0.3, 0.4) is 0 Å². The van der Waals surface area contributed by atoms with E-state index < -0.39 is 28.7 Å². The minimum atomic E-state index is -4.64. The number of nitrogens with one attached hydrogen (secondary N) is 1. The van der Waals surface area contributed by atoms with Gasteiger partial charge in [0, 0.05) is 28.6 Å². The molecule has 4 nitrogen and oxygen atoms in total. The number of benzene rings is 1. The number of halogens is 3. The van der Waals surface area contributed by atoms with Crippen LogP contribution in [0.5, 0.6) is 0 Å². The molecule has 1 atom stereocenters. The first kappa shape index (κ1) is 16.6. The Labute approximate surface area is 139 Å². The van der Waals surface area contributed by atoms with Gasteiger partial charge in [-0.2, -0.15) is 13.2 Å². The van der Waals surface area contributed by atoms with E-state index in [-0.39, 0.29) is 22.4 Å². The number of alkyl halides is 3. The van der Waals surface area contributed by atoms with Crippen LogP contribution in [0.4, 0.5) is 13.2 Å². The van der Waals surface area contributed by atoms with Crippen LogP contribution in [-0.2, 0) is 15.8 Å². The molecule has 2 heterocycles. The highest BCUT2D eigenvalue weighted by Gasteiger charge is 2.44. The second-order valence-corrected chi connectivity index (χ2v) is 6.40. The van der Waals surface area contributed by atoms with Crippen molar-refractivity contribution in [3.05, 3.63) is 57.9 Å². The number of hydrogen-bond acceptors (Lipinski definition) is 4. The minimum absolute atomic E-state index is 0.0969. The quantitative estimate of drug-likeness (QED) is 0.852. The van der Waals surface area contributed by atoms with Gasteiger partial charge in [-0.05, 0) is 18.6 Å². The normalized spacial score (nSPS) is 21.0. The summed E-state index contributed by atoms with van der Waals surface area (Å²) in [4.78, 5) is 23.9. The van der Waals surface area contributed by atoms with Crippen molar-refractivity contribution in [3.8, 4) is 0 Å². The molecular weight excluding hydrogens is 343 g/mol. The van der Waals surface area contributed by atoms with Crippen molar-refractivity contribution in [3.63, 3.8) is 0 Å². The fraction of sp³-hybridized carbons (Fsp3) is 0.250. The lowest BCUT2D eigenvalue weighted by Gasteiger charge is -2.29. The van der Waals surface area contributed by atoms with Crippen molar-refractivity contribution in [1.82, 2.24) is 5.32 Å². The molecule has 8 heteroatoms. The van der Waals surface area contributed by atoms with Crippen LogP contribution < -0.4 is 5.32 Å². The molecule has 1 aromatic carbocycles. The molecule has 0 fully saturated rings. The van der Waals surface area contributed by atoms with E-state index in [1.165, 1.54) is 25.1 Å². The van der Waals surface area contributed by atoms with Gasteiger partial charge in [-0.25, -0.2) is 4.79 Å². The number of carbonyl (C=O) groups is 2. The summed E-state index contributed by atoms with van der Waals surface area (Å²) in [7, 11) is 0. The summed E-state index contributed by atoms with van der Waals surface area (Å²) in [6.45, 7) is 1.49. The summed E-state index contributed by atoms with van der Waals surface area (Å²) >= 11 is 0.954. The topological polar surface area (TPSA) is 66.4 Å². The summed E-state index contributed by atoms with van der Waals surface area (Å²) in [6.07, 6.45) is -4.64. The molecule has 2 aliphatic heterocycles. The molecular formula is C16H12F3NO3S. The highest BCUT2D eigenvalue weighted by molar-refractivity contribution is 8.14. The Bertz CT molecular complexity index is 809. The Morgan fingerprint density at radius 3 is 2.62 bits per heavy atom. The van der Waals surface area contributed by atoms with Crippen molar-refractivity contribution in [1.29, 1.82) is 0 Å². The van der Waals surface area contributed by atoms with Gasteiger partial charge in [-0.15, -0.1) is 0 Å². The number of aliphatic carboxylic acids is 1. The predicted octanol–water partition coefficient (Wildman–Crippen LogP) is 3.28. The Morgan fingerprint density at radius 1 is 1.33 bits per heavy atom. The molecule has 0 amide bonds. The highest BCUT2D eigenvalue weighted by Crippen LogP contribution is 2.47. The first-order valence-electron chi connectivity index (χ1n) is 6.99. The third-order valence-corrected chi connectivity index (χ3v) is 4.94. The zero-order valence-electron chi connectivity index (χ0n) is 12.4. The fourth-order valence-electron chi connectivity index (χ4n) is 3.07. The van der Waals surface area contributed by atoms with Gasteiger partial charge in [0.1, 0.15) is 0 Å².